The lowest BCUT2D eigenvalue weighted by atomic mass is 9.89. The maximum atomic E-state index is 10.8. The van der Waals surface area contributed by atoms with Gasteiger partial charge in [0.25, 0.3) is 0 Å². The quantitative estimate of drug-likeness (QED) is 0.0922. The zero-order valence-electron chi connectivity index (χ0n) is 21.5. The monoisotopic (exact) mass is 535 g/mol. The molecule has 1 heterocycles. The van der Waals surface area contributed by atoms with Crippen LogP contribution >= 0.6 is 0 Å². The predicted molar refractivity (Wildman–Crippen MR) is 134 cm³/mol. The molecule has 1 saturated carbocycles. The predicted octanol–water partition coefficient (Wildman–Crippen LogP) is -1.77. The van der Waals surface area contributed by atoms with E-state index in [2.05, 4.69) is 10.6 Å². The Balaban J connectivity index is 2.06. The van der Waals surface area contributed by atoms with Crippen molar-refractivity contribution in [3.8, 4) is 0 Å². The number of rotatable bonds is 13. The molecule has 2 aliphatic rings. The molecule has 14 nitrogen and oxygen atoms in total. The van der Waals surface area contributed by atoms with Crippen LogP contribution in [0.15, 0.2) is 23.0 Å². The van der Waals surface area contributed by atoms with Crippen molar-refractivity contribution in [1.29, 1.82) is 0 Å². The third kappa shape index (κ3) is 8.92. The number of allylic oxidation sites excluding steroid dienone is 1. The zero-order chi connectivity index (χ0) is 27.7. The summed E-state index contributed by atoms with van der Waals surface area (Å²) < 4.78 is 16.9. The van der Waals surface area contributed by atoms with Crippen molar-refractivity contribution >= 4 is 0 Å². The Morgan fingerprint density at radius 3 is 2.30 bits per heavy atom. The summed E-state index contributed by atoms with van der Waals surface area (Å²) >= 11 is 0. The molecule has 0 aromatic heterocycles. The zero-order valence-corrected chi connectivity index (χ0v) is 21.5. The Morgan fingerprint density at radius 1 is 1.00 bits per heavy atom. The molecular weight excluding hydrogens is 490 g/mol. The van der Waals surface area contributed by atoms with Gasteiger partial charge in [-0.3, -0.25) is 0 Å². The van der Waals surface area contributed by atoms with Gasteiger partial charge >= 0.3 is 0 Å². The van der Waals surface area contributed by atoms with Crippen LogP contribution in [0.3, 0.4) is 0 Å². The van der Waals surface area contributed by atoms with Crippen LogP contribution in [0.5, 0.6) is 0 Å². The lowest BCUT2D eigenvalue weighted by molar-refractivity contribution is -0.228. The van der Waals surface area contributed by atoms with Crippen LogP contribution in [0.2, 0.25) is 0 Å². The van der Waals surface area contributed by atoms with Crippen LogP contribution in [0.4, 0.5) is 0 Å². The Morgan fingerprint density at radius 2 is 1.70 bits per heavy atom. The number of aliphatic hydroxyl groups is 6. The van der Waals surface area contributed by atoms with Crippen molar-refractivity contribution in [2.45, 2.75) is 87.7 Å². The highest BCUT2D eigenvalue weighted by Crippen LogP contribution is 2.29. The van der Waals surface area contributed by atoms with Gasteiger partial charge < -0.3 is 72.7 Å². The number of nitrogens with two attached hydrogens (primary N) is 3. The van der Waals surface area contributed by atoms with Gasteiger partial charge in [0.1, 0.15) is 23.3 Å². The van der Waals surface area contributed by atoms with Gasteiger partial charge in [-0.05, 0) is 39.2 Å². The van der Waals surface area contributed by atoms with E-state index in [-0.39, 0.29) is 36.9 Å². The summed E-state index contributed by atoms with van der Waals surface area (Å²) in [5.41, 5.74) is 18.1. The second-order valence-corrected chi connectivity index (χ2v) is 9.68. The molecule has 1 aliphatic carbocycles. The van der Waals surface area contributed by atoms with E-state index in [0.29, 0.717) is 32.2 Å². The highest BCUT2D eigenvalue weighted by Gasteiger charge is 2.38. The molecule has 1 saturated heterocycles. The molecule has 216 valence electrons. The van der Waals surface area contributed by atoms with E-state index in [1.807, 2.05) is 0 Å². The van der Waals surface area contributed by atoms with Crippen molar-refractivity contribution in [2.24, 2.45) is 23.1 Å². The first-order chi connectivity index (χ1) is 17.5. The topological polar surface area (TPSA) is 251 Å². The van der Waals surface area contributed by atoms with Gasteiger partial charge in [0, 0.05) is 44.6 Å². The summed E-state index contributed by atoms with van der Waals surface area (Å²) in [4.78, 5) is 0. The number of hydrogen-bond donors (Lipinski definition) is 11. The number of nitrogens with one attached hydrogen (secondary N) is 2. The Hall–Kier alpha value is -1.72. The molecule has 0 spiro atoms. The van der Waals surface area contributed by atoms with Gasteiger partial charge in [0.2, 0.25) is 12.6 Å². The molecule has 5 unspecified atom stereocenters. The van der Waals surface area contributed by atoms with Crippen LogP contribution in [0, 0.1) is 5.92 Å². The molecule has 14 N–H and O–H groups in total. The Bertz CT molecular complexity index is 771. The van der Waals surface area contributed by atoms with Crippen LogP contribution in [-0.4, -0.2) is 107 Å². The lowest BCUT2D eigenvalue weighted by Crippen LogP contribution is -2.53. The first-order valence-corrected chi connectivity index (χ1v) is 12.6. The Labute approximate surface area is 217 Å². The van der Waals surface area contributed by atoms with E-state index in [0.717, 1.165) is 6.42 Å². The van der Waals surface area contributed by atoms with E-state index in [1.54, 1.807) is 7.05 Å². The number of likely N-dealkylation sites (N-methyl/N-ethyl adjacent to an activating group) is 1. The van der Waals surface area contributed by atoms with Gasteiger partial charge in [0.05, 0.1) is 12.1 Å². The molecule has 0 radical (unpaired) electrons. The van der Waals surface area contributed by atoms with E-state index >= 15 is 0 Å². The average molecular weight is 536 g/mol. The summed E-state index contributed by atoms with van der Waals surface area (Å²) in [5.74, 6) is -2.37. The van der Waals surface area contributed by atoms with E-state index < -0.39 is 54.2 Å². The first kappa shape index (κ1) is 31.5. The maximum absolute atomic E-state index is 10.8. The third-order valence-corrected chi connectivity index (χ3v) is 6.71. The minimum Gasteiger partial charge on any atom is -0.509 e. The third-order valence-electron chi connectivity index (χ3n) is 6.71. The van der Waals surface area contributed by atoms with Crippen molar-refractivity contribution in [3.63, 3.8) is 0 Å². The van der Waals surface area contributed by atoms with E-state index in [1.165, 1.54) is 7.05 Å². The fourth-order valence-electron chi connectivity index (χ4n) is 4.51. The second-order valence-electron chi connectivity index (χ2n) is 9.68. The minimum atomic E-state index is -2.11. The van der Waals surface area contributed by atoms with Crippen molar-refractivity contribution in [3.05, 3.63) is 23.0 Å². The van der Waals surface area contributed by atoms with Crippen LogP contribution in [-0.2, 0) is 14.2 Å². The van der Waals surface area contributed by atoms with Crippen molar-refractivity contribution < 1.29 is 44.8 Å². The van der Waals surface area contributed by atoms with Crippen molar-refractivity contribution in [2.75, 3.05) is 27.2 Å². The molecule has 9 atom stereocenters. The van der Waals surface area contributed by atoms with Gasteiger partial charge in [0.15, 0.2) is 12.0 Å². The molecule has 0 bridgehead atoms. The molecule has 0 amide bonds. The SMILES string of the molecule is CNCC(CO)C/C(O)=C(/O)[C@H](O)OC(O)/C(NC)=C(\O)C1CCC(N)[C@@H](O[C@H]2CC[C@H](N)CC2N)O1. The average Bonchev–Trinajstić information content (AvgIpc) is 2.86. The van der Waals surface area contributed by atoms with Crippen LogP contribution < -0.4 is 27.8 Å². The van der Waals surface area contributed by atoms with Crippen molar-refractivity contribution in [1.82, 2.24) is 10.6 Å². The fraction of sp³-hybridized carbons (Fsp3) is 0.826. The molecular formula is C23H45N5O9. The summed E-state index contributed by atoms with van der Waals surface area (Å²) in [5, 5.41) is 66.5. The fourth-order valence-corrected chi connectivity index (χ4v) is 4.51. The summed E-state index contributed by atoms with van der Waals surface area (Å²) in [6.45, 7) is 0.0815. The second kappa shape index (κ2) is 15.0. The lowest BCUT2D eigenvalue weighted by Gasteiger charge is -2.40. The number of aliphatic hydroxyl groups excluding tert-OH is 6. The largest absolute Gasteiger partial charge is 0.509 e. The first-order valence-electron chi connectivity index (χ1n) is 12.6. The number of ether oxygens (including phenoxy) is 3. The highest BCUT2D eigenvalue weighted by molar-refractivity contribution is 5.14. The molecule has 14 heteroatoms. The summed E-state index contributed by atoms with van der Waals surface area (Å²) in [6.07, 6.45) is -3.44. The van der Waals surface area contributed by atoms with Gasteiger partial charge in [-0.25, -0.2) is 0 Å². The van der Waals surface area contributed by atoms with E-state index in [9.17, 15) is 30.6 Å². The molecule has 2 fully saturated rings. The van der Waals surface area contributed by atoms with Gasteiger partial charge in [-0.1, -0.05) is 0 Å². The van der Waals surface area contributed by atoms with Gasteiger partial charge in [-0.2, -0.15) is 0 Å². The summed E-state index contributed by atoms with van der Waals surface area (Å²) in [7, 11) is 3.07. The number of hydrogen-bond acceptors (Lipinski definition) is 14. The highest BCUT2D eigenvalue weighted by atomic mass is 16.7. The Kier molecular flexibility index (Phi) is 12.8. The molecule has 0 aromatic carbocycles. The standard InChI is InChI=1S/C23H45N5O9/c1-27-9-11(10-29)7-15(30)19(31)22(34)37-21(33)18(28-2)20(32)17-6-4-13(25)23(36-17)35-16-5-3-12(24)8-14(16)26/h11-14,16-17,21-23,27-34H,3-10,24-26H2,1-2H3/b19-15-,20-18+/t11?,12-,13?,14?,16-,17?,21?,22+,23-/m0/s1. The molecule has 37 heavy (non-hydrogen) atoms. The van der Waals surface area contributed by atoms with E-state index in [4.69, 9.17) is 31.4 Å². The van der Waals surface area contributed by atoms with Gasteiger partial charge in [-0.15, -0.1) is 0 Å². The molecule has 0 aromatic rings. The van der Waals surface area contributed by atoms with Crippen LogP contribution in [0.1, 0.15) is 38.5 Å². The smallest absolute Gasteiger partial charge is 0.220 e. The van der Waals surface area contributed by atoms with Crippen LogP contribution in [0.25, 0.3) is 0 Å². The normalized spacial score (nSPS) is 32.6. The maximum Gasteiger partial charge on any atom is 0.220 e. The molecule has 1 aliphatic heterocycles. The summed E-state index contributed by atoms with van der Waals surface area (Å²) in [6, 6.07) is -0.702. The molecule has 2 rings (SSSR count). The minimum absolute atomic E-state index is 0.0196.